The highest BCUT2D eigenvalue weighted by Gasteiger charge is 2.35. The lowest BCUT2D eigenvalue weighted by molar-refractivity contribution is 0.0924. The number of hydrogen-bond acceptors (Lipinski definition) is 4. The molecular weight excluding hydrogens is 398 g/mol. The number of nitrogens with one attached hydrogen (secondary N) is 1. The summed E-state index contributed by atoms with van der Waals surface area (Å²) in [6.45, 7) is 4.01. The van der Waals surface area contributed by atoms with Gasteiger partial charge in [-0.05, 0) is 41.8 Å². The van der Waals surface area contributed by atoms with Crippen molar-refractivity contribution in [1.29, 1.82) is 0 Å². The number of rotatable bonds is 4. The molecule has 152 valence electrons. The molecule has 0 spiro atoms. The van der Waals surface area contributed by atoms with Gasteiger partial charge in [0.15, 0.2) is 5.78 Å². The molecule has 30 heavy (non-hydrogen) atoms. The van der Waals surface area contributed by atoms with Crippen LogP contribution in [-0.2, 0) is 9.84 Å². The molecule has 1 atom stereocenters. The van der Waals surface area contributed by atoms with Crippen LogP contribution in [0, 0.1) is 5.92 Å². The second-order valence-corrected chi connectivity index (χ2v) is 9.53. The standard InChI is InChI=1S/C24H21NO4S/c1-15(2)22(16-8-4-3-5-9-16)25-24(27)17-12-13-19-21(14-17)30(28,29)20-11-7-6-10-18(20)23(19)26/h3-15,22H,1-2H3,(H,25,27)/t22-/m0/s1. The summed E-state index contributed by atoms with van der Waals surface area (Å²) in [5.74, 6) is -0.611. The molecule has 3 aromatic rings. The number of amides is 1. The van der Waals surface area contributed by atoms with E-state index in [1.165, 1.54) is 30.3 Å². The average Bonchev–Trinajstić information content (AvgIpc) is 2.76. The van der Waals surface area contributed by atoms with Gasteiger partial charge in [-0.3, -0.25) is 9.59 Å². The van der Waals surface area contributed by atoms with E-state index < -0.39 is 9.84 Å². The van der Waals surface area contributed by atoms with Gasteiger partial charge in [-0.15, -0.1) is 0 Å². The molecule has 1 amide bonds. The Labute approximate surface area is 175 Å². The van der Waals surface area contributed by atoms with E-state index >= 15 is 0 Å². The van der Waals surface area contributed by atoms with Gasteiger partial charge in [0.25, 0.3) is 5.91 Å². The second kappa shape index (κ2) is 7.54. The zero-order valence-corrected chi connectivity index (χ0v) is 17.4. The predicted molar refractivity (Wildman–Crippen MR) is 113 cm³/mol. The molecular formula is C24H21NO4S. The Morgan fingerprint density at radius 3 is 2.17 bits per heavy atom. The lowest BCUT2D eigenvalue weighted by atomic mass is 9.95. The second-order valence-electron chi connectivity index (χ2n) is 7.65. The fourth-order valence-corrected chi connectivity index (χ4v) is 5.42. The van der Waals surface area contributed by atoms with Crippen LogP contribution in [0.25, 0.3) is 0 Å². The molecule has 6 heteroatoms. The summed E-state index contributed by atoms with van der Waals surface area (Å²) >= 11 is 0. The molecule has 0 aromatic heterocycles. The summed E-state index contributed by atoms with van der Waals surface area (Å²) in [5.41, 5.74) is 1.42. The van der Waals surface area contributed by atoms with Gasteiger partial charge in [0.1, 0.15) is 0 Å². The van der Waals surface area contributed by atoms with Crippen LogP contribution in [0.4, 0.5) is 0 Å². The lowest BCUT2D eigenvalue weighted by Gasteiger charge is -2.24. The normalized spacial score (nSPS) is 15.2. The number of carbonyl (C=O) groups excluding carboxylic acids is 2. The summed E-state index contributed by atoms with van der Waals surface area (Å²) in [6, 6.07) is 19.7. The number of carbonyl (C=O) groups is 2. The van der Waals surface area contributed by atoms with Crippen molar-refractivity contribution in [3.8, 4) is 0 Å². The van der Waals surface area contributed by atoms with E-state index in [1.54, 1.807) is 12.1 Å². The smallest absolute Gasteiger partial charge is 0.251 e. The molecule has 1 heterocycles. The minimum atomic E-state index is -3.89. The molecule has 0 saturated carbocycles. The van der Waals surface area contributed by atoms with Gasteiger partial charge in [-0.2, -0.15) is 0 Å². The first-order chi connectivity index (χ1) is 14.3. The summed E-state index contributed by atoms with van der Waals surface area (Å²) in [4.78, 5) is 25.6. The van der Waals surface area contributed by atoms with Crippen LogP contribution in [-0.4, -0.2) is 20.1 Å². The molecule has 1 aliphatic heterocycles. The molecule has 0 radical (unpaired) electrons. The predicted octanol–water partition coefficient (Wildman–Crippen LogP) is 4.19. The fraction of sp³-hybridized carbons (Fsp3) is 0.167. The van der Waals surface area contributed by atoms with Crippen molar-refractivity contribution in [2.24, 2.45) is 5.92 Å². The third-order valence-electron chi connectivity index (χ3n) is 5.31. The van der Waals surface area contributed by atoms with Crippen molar-refractivity contribution in [3.63, 3.8) is 0 Å². The van der Waals surface area contributed by atoms with Crippen molar-refractivity contribution >= 4 is 21.5 Å². The number of sulfone groups is 1. The van der Waals surface area contributed by atoms with E-state index in [-0.39, 0.29) is 50.1 Å². The third kappa shape index (κ3) is 3.33. The van der Waals surface area contributed by atoms with Gasteiger partial charge >= 0.3 is 0 Å². The van der Waals surface area contributed by atoms with E-state index in [2.05, 4.69) is 5.32 Å². The summed E-state index contributed by atoms with van der Waals surface area (Å²) in [6.07, 6.45) is 0. The molecule has 1 N–H and O–H groups in total. The van der Waals surface area contributed by atoms with Crippen LogP contribution >= 0.6 is 0 Å². The van der Waals surface area contributed by atoms with Crippen LogP contribution in [0.3, 0.4) is 0 Å². The Bertz CT molecular complexity index is 1250. The van der Waals surface area contributed by atoms with Crippen molar-refractivity contribution in [1.82, 2.24) is 5.32 Å². The maximum atomic E-state index is 13.1. The van der Waals surface area contributed by atoms with Gasteiger partial charge in [-0.1, -0.05) is 56.3 Å². The maximum absolute atomic E-state index is 13.1. The highest BCUT2D eigenvalue weighted by atomic mass is 32.2. The molecule has 5 nitrogen and oxygen atoms in total. The van der Waals surface area contributed by atoms with Crippen LogP contribution < -0.4 is 5.32 Å². The van der Waals surface area contributed by atoms with E-state index in [0.29, 0.717) is 0 Å². The number of benzene rings is 3. The number of hydrogen-bond donors (Lipinski definition) is 1. The molecule has 0 fully saturated rings. The zero-order chi connectivity index (χ0) is 21.5. The van der Waals surface area contributed by atoms with E-state index in [1.807, 2.05) is 44.2 Å². The van der Waals surface area contributed by atoms with Gasteiger partial charge in [0, 0.05) is 16.7 Å². The van der Waals surface area contributed by atoms with E-state index in [4.69, 9.17) is 0 Å². The van der Waals surface area contributed by atoms with Gasteiger partial charge < -0.3 is 5.32 Å². The Hall–Kier alpha value is -3.25. The first-order valence-corrected chi connectivity index (χ1v) is 11.2. The minimum absolute atomic E-state index is 0.0237. The van der Waals surface area contributed by atoms with Crippen molar-refractivity contribution in [2.45, 2.75) is 29.7 Å². The Morgan fingerprint density at radius 1 is 0.833 bits per heavy atom. The van der Waals surface area contributed by atoms with Crippen LogP contribution in [0.5, 0.6) is 0 Å². The van der Waals surface area contributed by atoms with E-state index in [0.717, 1.165) is 5.56 Å². The number of ketones is 1. The summed E-state index contributed by atoms with van der Waals surface area (Å²) < 4.78 is 26.2. The minimum Gasteiger partial charge on any atom is -0.345 e. The molecule has 0 unspecified atom stereocenters. The van der Waals surface area contributed by atoms with Gasteiger partial charge in [-0.25, -0.2) is 8.42 Å². The quantitative estimate of drug-likeness (QED) is 0.538. The number of fused-ring (bicyclic) bond motifs is 2. The van der Waals surface area contributed by atoms with E-state index in [9.17, 15) is 18.0 Å². The average molecular weight is 420 g/mol. The zero-order valence-electron chi connectivity index (χ0n) is 16.6. The Balaban J connectivity index is 1.72. The monoisotopic (exact) mass is 419 g/mol. The fourth-order valence-electron chi connectivity index (χ4n) is 3.75. The van der Waals surface area contributed by atoms with Crippen LogP contribution in [0.15, 0.2) is 82.6 Å². The molecule has 0 saturated heterocycles. The summed E-state index contributed by atoms with van der Waals surface area (Å²) in [5, 5.41) is 2.99. The third-order valence-corrected chi connectivity index (χ3v) is 7.16. The van der Waals surface area contributed by atoms with Crippen LogP contribution in [0.2, 0.25) is 0 Å². The molecule has 4 rings (SSSR count). The maximum Gasteiger partial charge on any atom is 0.251 e. The largest absolute Gasteiger partial charge is 0.345 e. The van der Waals surface area contributed by atoms with Gasteiger partial charge in [0.05, 0.1) is 15.8 Å². The summed E-state index contributed by atoms with van der Waals surface area (Å²) in [7, 11) is -3.89. The molecule has 0 aliphatic carbocycles. The Morgan fingerprint density at radius 2 is 1.47 bits per heavy atom. The molecule has 0 bridgehead atoms. The molecule has 1 aliphatic rings. The SMILES string of the molecule is CC(C)[C@H](NC(=O)c1ccc2c(c1)S(=O)(=O)c1ccccc1C2=O)c1ccccc1. The highest BCUT2D eigenvalue weighted by Crippen LogP contribution is 2.35. The lowest BCUT2D eigenvalue weighted by Crippen LogP contribution is -2.32. The van der Waals surface area contributed by atoms with Crippen molar-refractivity contribution in [3.05, 3.63) is 95.1 Å². The van der Waals surface area contributed by atoms with Gasteiger partial charge in [0.2, 0.25) is 9.84 Å². The van der Waals surface area contributed by atoms with Crippen LogP contribution in [0.1, 0.15) is 51.7 Å². The first kappa shape index (κ1) is 20.0. The highest BCUT2D eigenvalue weighted by molar-refractivity contribution is 7.91. The topological polar surface area (TPSA) is 80.3 Å². The van der Waals surface area contributed by atoms with Crippen molar-refractivity contribution in [2.75, 3.05) is 0 Å². The Kier molecular flexibility index (Phi) is 5.03. The van der Waals surface area contributed by atoms with Crippen molar-refractivity contribution < 1.29 is 18.0 Å². The molecule has 3 aromatic carbocycles. The first-order valence-electron chi connectivity index (χ1n) is 9.69.